The summed E-state index contributed by atoms with van der Waals surface area (Å²) in [5, 5.41) is 7.52. The molecule has 2 aliphatic heterocycles. The van der Waals surface area contributed by atoms with Gasteiger partial charge in [0, 0.05) is 18.7 Å². The van der Waals surface area contributed by atoms with Crippen LogP contribution in [0.4, 0.5) is 5.69 Å². The number of rotatable bonds is 2. The highest BCUT2D eigenvalue weighted by Gasteiger charge is 2.45. The van der Waals surface area contributed by atoms with Crippen LogP contribution in [0.15, 0.2) is 48.8 Å². The van der Waals surface area contributed by atoms with Crippen molar-refractivity contribution in [1.29, 1.82) is 0 Å². The number of carbonyl (C=O) groups is 2. The van der Waals surface area contributed by atoms with Crippen LogP contribution in [-0.4, -0.2) is 45.5 Å². The summed E-state index contributed by atoms with van der Waals surface area (Å²) in [5.74, 6) is 0.113. The van der Waals surface area contributed by atoms with Crippen LogP contribution in [0.2, 0.25) is 0 Å². The molecule has 2 aromatic rings. The number of para-hydroxylation sites is 1. The van der Waals surface area contributed by atoms with Crippen molar-refractivity contribution in [2.75, 3.05) is 11.4 Å². The van der Waals surface area contributed by atoms with Gasteiger partial charge in [-0.3, -0.25) is 9.59 Å². The van der Waals surface area contributed by atoms with Crippen molar-refractivity contribution in [1.82, 2.24) is 15.1 Å². The topological polar surface area (TPSA) is 66.4 Å². The van der Waals surface area contributed by atoms with Crippen molar-refractivity contribution < 1.29 is 9.59 Å². The Hall–Kier alpha value is -2.76. The van der Waals surface area contributed by atoms with Crippen molar-refractivity contribution in [2.24, 2.45) is 0 Å². The van der Waals surface area contributed by atoms with Crippen LogP contribution in [-0.2, 0) is 4.79 Å². The molecule has 4 rings (SSSR count). The fourth-order valence-electron chi connectivity index (χ4n) is 3.82. The summed E-state index contributed by atoms with van der Waals surface area (Å²) < 4.78 is 0. The predicted octanol–water partition coefficient (Wildman–Crippen LogP) is 1.89. The number of anilines is 1. The van der Waals surface area contributed by atoms with Crippen molar-refractivity contribution in [2.45, 2.75) is 31.3 Å². The van der Waals surface area contributed by atoms with Crippen LogP contribution in [0.5, 0.6) is 0 Å². The van der Waals surface area contributed by atoms with Crippen LogP contribution in [0.1, 0.15) is 29.6 Å². The smallest absolute Gasteiger partial charge is 0.255 e. The molecule has 2 amide bonds. The highest BCUT2D eigenvalue weighted by Crippen LogP contribution is 2.35. The lowest BCUT2D eigenvalue weighted by atomic mass is 9.95. The first kappa shape index (κ1) is 14.8. The van der Waals surface area contributed by atoms with Gasteiger partial charge < -0.3 is 9.80 Å². The molecule has 24 heavy (non-hydrogen) atoms. The first-order valence-corrected chi connectivity index (χ1v) is 8.20. The maximum absolute atomic E-state index is 12.8. The quantitative estimate of drug-likeness (QED) is 0.847. The van der Waals surface area contributed by atoms with E-state index in [-0.39, 0.29) is 23.9 Å². The van der Waals surface area contributed by atoms with Crippen LogP contribution in [0.25, 0.3) is 0 Å². The predicted molar refractivity (Wildman–Crippen MR) is 88.4 cm³/mol. The summed E-state index contributed by atoms with van der Waals surface area (Å²) in [6.45, 7) is 0.660. The van der Waals surface area contributed by atoms with E-state index in [1.807, 2.05) is 40.1 Å². The number of hydrogen-bond acceptors (Lipinski definition) is 4. The van der Waals surface area contributed by atoms with Gasteiger partial charge in [0.25, 0.3) is 5.91 Å². The lowest BCUT2D eigenvalue weighted by Crippen LogP contribution is -2.53. The highest BCUT2D eigenvalue weighted by atomic mass is 16.2. The van der Waals surface area contributed by atoms with Crippen molar-refractivity contribution >= 4 is 17.5 Å². The summed E-state index contributed by atoms with van der Waals surface area (Å²) in [4.78, 5) is 29.0. The number of nitrogens with zero attached hydrogens (tertiary/aromatic N) is 4. The normalized spacial score (nSPS) is 23.2. The summed E-state index contributed by atoms with van der Waals surface area (Å²) >= 11 is 0. The second-order valence-electron chi connectivity index (χ2n) is 6.19. The fraction of sp³-hybridized carbons (Fsp3) is 0.333. The van der Waals surface area contributed by atoms with Crippen LogP contribution in [0, 0.1) is 0 Å². The Bertz CT molecular complexity index is 750. The monoisotopic (exact) mass is 322 g/mol. The molecule has 2 saturated heterocycles. The van der Waals surface area contributed by atoms with E-state index in [9.17, 15) is 9.59 Å². The van der Waals surface area contributed by atoms with Crippen LogP contribution >= 0.6 is 0 Å². The second kappa shape index (κ2) is 6.03. The number of benzene rings is 1. The Labute approximate surface area is 140 Å². The Morgan fingerprint density at radius 2 is 1.88 bits per heavy atom. The lowest BCUT2D eigenvalue weighted by Gasteiger charge is -2.39. The Morgan fingerprint density at radius 3 is 2.62 bits per heavy atom. The van der Waals surface area contributed by atoms with Gasteiger partial charge in [-0.05, 0) is 31.0 Å². The third-order valence-electron chi connectivity index (χ3n) is 4.89. The minimum Gasteiger partial charge on any atom is -0.333 e. The molecule has 0 unspecified atom stereocenters. The molecule has 2 fully saturated rings. The summed E-state index contributed by atoms with van der Waals surface area (Å²) in [6, 6.07) is 11.5. The van der Waals surface area contributed by atoms with E-state index in [1.165, 1.54) is 12.4 Å². The van der Waals surface area contributed by atoms with E-state index in [2.05, 4.69) is 10.2 Å². The number of aromatic nitrogens is 2. The number of likely N-dealkylation sites (tertiary alicyclic amines) is 1. The van der Waals surface area contributed by atoms with E-state index in [1.54, 1.807) is 6.07 Å². The largest absolute Gasteiger partial charge is 0.333 e. The molecule has 0 bridgehead atoms. The average Bonchev–Trinajstić information content (AvgIpc) is 3.06. The number of carbonyl (C=O) groups excluding carboxylic acids is 2. The van der Waals surface area contributed by atoms with E-state index in [4.69, 9.17) is 0 Å². The molecule has 3 heterocycles. The SMILES string of the molecule is O=C(c1ccnnc1)N1CC[C@@H]2[C@H]1CCC(=O)N2c1ccccc1. The molecule has 6 heteroatoms. The number of piperidine rings is 1. The molecule has 0 N–H and O–H groups in total. The molecule has 122 valence electrons. The maximum Gasteiger partial charge on any atom is 0.255 e. The van der Waals surface area contributed by atoms with Gasteiger partial charge in [-0.25, -0.2) is 0 Å². The van der Waals surface area contributed by atoms with Gasteiger partial charge in [-0.1, -0.05) is 18.2 Å². The van der Waals surface area contributed by atoms with E-state index in [0.29, 0.717) is 18.5 Å². The molecular weight excluding hydrogens is 304 g/mol. The molecule has 2 aliphatic rings. The second-order valence-corrected chi connectivity index (χ2v) is 6.19. The Balaban J connectivity index is 1.61. The van der Waals surface area contributed by atoms with Crippen molar-refractivity contribution in [3.8, 4) is 0 Å². The van der Waals surface area contributed by atoms with E-state index in [0.717, 1.165) is 18.5 Å². The molecule has 6 nitrogen and oxygen atoms in total. The maximum atomic E-state index is 12.8. The minimum absolute atomic E-state index is 0.0280. The van der Waals surface area contributed by atoms with E-state index < -0.39 is 0 Å². The van der Waals surface area contributed by atoms with Gasteiger partial charge in [-0.2, -0.15) is 10.2 Å². The first-order valence-electron chi connectivity index (χ1n) is 8.20. The van der Waals surface area contributed by atoms with Gasteiger partial charge in [0.15, 0.2) is 0 Å². The van der Waals surface area contributed by atoms with Crippen molar-refractivity contribution in [3.05, 3.63) is 54.4 Å². The standard InChI is InChI=1S/C18H18N4O2/c23-17-7-6-15-16(22(17)14-4-2-1-3-5-14)9-11-21(15)18(24)13-8-10-19-20-12-13/h1-5,8,10,12,15-16H,6-7,9,11H2/t15-,16-/m1/s1. The summed E-state index contributed by atoms with van der Waals surface area (Å²) in [6.07, 6.45) is 5.02. The van der Waals surface area contributed by atoms with Gasteiger partial charge >= 0.3 is 0 Å². The van der Waals surface area contributed by atoms with E-state index >= 15 is 0 Å². The third-order valence-corrected chi connectivity index (χ3v) is 4.89. The molecule has 1 aromatic carbocycles. The van der Waals surface area contributed by atoms with Gasteiger partial charge in [0.05, 0.1) is 30.0 Å². The zero-order valence-electron chi connectivity index (χ0n) is 13.2. The fourth-order valence-corrected chi connectivity index (χ4v) is 3.82. The molecule has 0 aliphatic carbocycles. The number of fused-ring (bicyclic) bond motifs is 1. The highest BCUT2D eigenvalue weighted by molar-refractivity contribution is 5.97. The summed E-state index contributed by atoms with van der Waals surface area (Å²) in [5.41, 5.74) is 1.46. The number of hydrogen-bond donors (Lipinski definition) is 0. The molecule has 2 atom stereocenters. The molecule has 0 spiro atoms. The average molecular weight is 322 g/mol. The minimum atomic E-state index is -0.0280. The Kier molecular flexibility index (Phi) is 3.72. The molecule has 1 aromatic heterocycles. The lowest BCUT2D eigenvalue weighted by molar-refractivity contribution is -0.120. The van der Waals surface area contributed by atoms with Gasteiger partial charge in [-0.15, -0.1) is 0 Å². The summed E-state index contributed by atoms with van der Waals surface area (Å²) in [7, 11) is 0. The van der Waals surface area contributed by atoms with Crippen molar-refractivity contribution in [3.63, 3.8) is 0 Å². The van der Waals surface area contributed by atoms with Crippen LogP contribution in [0.3, 0.4) is 0 Å². The molecular formula is C18H18N4O2. The zero-order valence-corrected chi connectivity index (χ0v) is 13.2. The van der Waals surface area contributed by atoms with Crippen LogP contribution < -0.4 is 4.90 Å². The first-order chi connectivity index (χ1) is 11.8. The van der Waals surface area contributed by atoms with Gasteiger partial charge in [0.2, 0.25) is 5.91 Å². The number of amides is 2. The molecule has 0 saturated carbocycles. The molecule has 0 radical (unpaired) electrons. The van der Waals surface area contributed by atoms with Gasteiger partial charge in [0.1, 0.15) is 0 Å². The zero-order chi connectivity index (χ0) is 16.5. The Morgan fingerprint density at radius 1 is 1.04 bits per heavy atom. The third kappa shape index (κ3) is 2.44.